The SMILES string of the molecule is Cc1cc(C)cc(NC(=S)NC(=O)c2cccc(I)c2)c1. The molecule has 2 N–H and O–H groups in total. The predicted molar refractivity (Wildman–Crippen MR) is 98.8 cm³/mol. The lowest BCUT2D eigenvalue weighted by atomic mass is 10.1. The van der Waals surface area contributed by atoms with Crippen molar-refractivity contribution in [1.82, 2.24) is 5.32 Å². The van der Waals surface area contributed by atoms with Crippen LogP contribution in [0, 0.1) is 17.4 Å². The van der Waals surface area contributed by atoms with E-state index in [4.69, 9.17) is 12.2 Å². The van der Waals surface area contributed by atoms with E-state index in [-0.39, 0.29) is 5.91 Å². The maximum atomic E-state index is 12.1. The van der Waals surface area contributed by atoms with E-state index in [1.54, 1.807) is 6.07 Å². The van der Waals surface area contributed by atoms with Gasteiger partial charge in [0.2, 0.25) is 0 Å². The molecule has 0 unspecified atom stereocenters. The normalized spacial score (nSPS) is 10.0. The number of rotatable bonds is 2. The quantitative estimate of drug-likeness (QED) is 0.580. The number of halogens is 1. The minimum atomic E-state index is -0.213. The molecule has 1 amide bonds. The van der Waals surface area contributed by atoms with Gasteiger partial charge in [-0.3, -0.25) is 10.1 Å². The number of nitrogens with one attached hydrogen (secondary N) is 2. The summed E-state index contributed by atoms with van der Waals surface area (Å²) in [6.45, 7) is 4.04. The van der Waals surface area contributed by atoms with Crippen molar-refractivity contribution in [3.63, 3.8) is 0 Å². The fraction of sp³-hybridized carbons (Fsp3) is 0.125. The van der Waals surface area contributed by atoms with E-state index in [9.17, 15) is 4.79 Å². The average Bonchev–Trinajstić information content (AvgIpc) is 2.37. The van der Waals surface area contributed by atoms with Crippen LogP contribution < -0.4 is 10.6 Å². The summed E-state index contributed by atoms with van der Waals surface area (Å²) in [5.74, 6) is -0.213. The smallest absolute Gasteiger partial charge is 0.257 e. The molecule has 0 radical (unpaired) electrons. The largest absolute Gasteiger partial charge is 0.332 e. The van der Waals surface area contributed by atoms with E-state index in [1.165, 1.54) is 0 Å². The molecule has 0 aliphatic rings. The summed E-state index contributed by atoms with van der Waals surface area (Å²) in [4.78, 5) is 12.1. The molecule has 0 aliphatic heterocycles. The molecule has 3 nitrogen and oxygen atoms in total. The average molecular weight is 410 g/mol. The molecule has 21 heavy (non-hydrogen) atoms. The van der Waals surface area contributed by atoms with E-state index in [0.717, 1.165) is 20.4 Å². The van der Waals surface area contributed by atoms with Crippen LogP contribution >= 0.6 is 34.8 Å². The van der Waals surface area contributed by atoms with Gasteiger partial charge in [-0.15, -0.1) is 0 Å². The molecule has 108 valence electrons. The first-order valence-electron chi connectivity index (χ1n) is 6.40. The fourth-order valence-corrected chi connectivity index (χ4v) is 2.77. The molecule has 2 rings (SSSR count). The van der Waals surface area contributed by atoms with Crippen molar-refractivity contribution in [2.45, 2.75) is 13.8 Å². The van der Waals surface area contributed by atoms with Gasteiger partial charge >= 0.3 is 0 Å². The Kier molecular flexibility index (Phi) is 5.30. The van der Waals surface area contributed by atoms with Crippen molar-refractivity contribution in [3.8, 4) is 0 Å². The molecule has 0 atom stereocenters. The first-order valence-corrected chi connectivity index (χ1v) is 7.89. The predicted octanol–water partition coefficient (Wildman–Crippen LogP) is 4.03. The maximum absolute atomic E-state index is 12.1. The van der Waals surface area contributed by atoms with Gasteiger partial charge in [-0.25, -0.2) is 0 Å². The van der Waals surface area contributed by atoms with Crippen LogP contribution in [0.5, 0.6) is 0 Å². The molecule has 5 heteroatoms. The van der Waals surface area contributed by atoms with Gasteiger partial charge in [-0.05, 0) is 90.1 Å². The molecule has 0 saturated heterocycles. The number of hydrogen-bond donors (Lipinski definition) is 2. The Bertz CT molecular complexity index is 680. The maximum Gasteiger partial charge on any atom is 0.257 e. The van der Waals surface area contributed by atoms with Gasteiger partial charge < -0.3 is 5.32 Å². The Morgan fingerprint density at radius 3 is 2.38 bits per heavy atom. The third kappa shape index (κ3) is 4.78. The lowest BCUT2D eigenvalue weighted by Crippen LogP contribution is -2.34. The molecular formula is C16H15IN2OS. The third-order valence-corrected chi connectivity index (χ3v) is 3.67. The lowest BCUT2D eigenvalue weighted by Gasteiger charge is -2.11. The second-order valence-electron chi connectivity index (χ2n) is 4.79. The first kappa shape index (κ1) is 15.9. The minimum Gasteiger partial charge on any atom is -0.332 e. The molecule has 0 saturated carbocycles. The summed E-state index contributed by atoms with van der Waals surface area (Å²) < 4.78 is 1.01. The van der Waals surface area contributed by atoms with E-state index in [2.05, 4.69) is 39.3 Å². The zero-order valence-corrected chi connectivity index (χ0v) is 14.7. The van der Waals surface area contributed by atoms with Crippen LogP contribution in [0.15, 0.2) is 42.5 Å². The minimum absolute atomic E-state index is 0.213. The number of carbonyl (C=O) groups is 1. The second-order valence-corrected chi connectivity index (χ2v) is 6.45. The number of hydrogen-bond acceptors (Lipinski definition) is 2. The van der Waals surface area contributed by atoms with E-state index >= 15 is 0 Å². The molecule has 2 aromatic rings. The van der Waals surface area contributed by atoms with Crippen LogP contribution in [0.2, 0.25) is 0 Å². The van der Waals surface area contributed by atoms with Gasteiger partial charge in [0.25, 0.3) is 5.91 Å². The van der Waals surface area contributed by atoms with E-state index in [1.807, 2.05) is 44.2 Å². The van der Waals surface area contributed by atoms with Crippen molar-refractivity contribution in [2.24, 2.45) is 0 Å². The third-order valence-electron chi connectivity index (χ3n) is 2.79. The Hall–Kier alpha value is -1.47. The molecule has 0 heterocycles. The Morgan fingerprint density at radius 1 is 1.10 bits per heavy atom. The van der Waals surface area contributed by atoms with Gasteiger partial charge in [0.05, 0.1) is 0 Å². The van der Waals surface area contributed by atoms with Crippen molar-refractivity contribution in [3.05, 3.63) is 62.7 Å². The van der Waals surface area contributed by atoms with Crippen LogP contribution in [0.4, 0.5) is 5.69 Å². The van der Waals surface area contributed by atoms with Crippen LogP contribution in [-0.4, -0.2) is 11.0 Å². The fourth-order valence-electron chi connectivity index (χ4n) is 2.01. The standard InChI is InChI=1S/C16H15IN2OS/c1-10-6-11(2)8-14(7-10)18-16(21)19-15(20)12-4-3-5-13(17)9-12/h3-9H,1-2H3,(H2,18,19,20,21). The highest BCUT2D eigenvalue weighted by Gasteiger charge is 2.08. The van der Waals surface area contributed by atoms with E-state index < -0.39 is 0 Å². The van der Waals surface area contributed by atoms with Crippen LogP contribution in [0.3, 0.4) is 0 Å². The molecule has 2 aromatic carbocycles. The van der Waals surface area contributed by atoms with E-state index in [0.29, 0.717) is 10.7 Å². The number of thiocarbonyl (C=S) groups is 1. The van der Waals surface area contributed by atoms with Crippen molar-refractivity contribution in [2.75, 3.05) is 5.32 Å². The molecule has 0 aromatic heterocycles. The number of carbonyl (C=O) groups excluding carboxylic acids is 1. The summed E-state index contributed by atoms with van der Waals surface area (Å²) in [6, 6.07) is 13.4. The molecule has 0 aliphatic carbocycles. The topological polar surface area (TPSA) is 41.1 Å². The second kappa shape index (κ2) is 7.00. The first-order chi connectivity index (χ1) is 9.94. The van der Waals surface area contributed by atoms with Gasteiger partial charge in [0, 0.05) is 14.8 Å². The summed E-state index contributed by atoms with van der Waals surface area (Å²) in [5.41, 5.74) is 3.75. The summed E-state index contributed by atoms with van der Waals surface area (Å²) in [6.07, 6.45) is 0. The van der Waals surface area contributed by atoms with Crippen LogP contribution in [0.1, 0.15) is 21.5 Å². The Morgan fingerprint density at radius 2 is 1.76 bits per heavy atom. The highest BCUT2D eigenvalue weighted by Crippen LogP contribution is 2.13. The van der Waals surface area contributed by atoms with Gasteiger partial charge in [-0.1, -0.05) is 12.1 Å². The number of anilines is 1. The summed E-state index contributed by atoms with van der Waals surface area (Å²) in [7, 11) is 0. The van der Waals surface area contributed by atoms with Crippen LogP contribution in [0.25, 0.3) is 0 Å². The molecule has 0 fully saturated rings. The van der Waals surface area contributed by atoms with Crippen LogP contribution in [-0.2, 0) is 0 Å². The molecule has 0 bridgehead atoms. The molecule has 0 spiro atoms. The summed E-state index contributed by atoms with van der Waals surface area (Å²) in [5, 5.41) is 6.02. The van der Waals surface area contributed by atoms with Gasteiger partial charge in [0.1, 0.15) is 0 Å². The molecular weight excluding hydrogens is 395 g/mol. The summed E-state index contributed by atoms with van der Waals surface area (Å²) >= 11 is 7.36. The number of amides is 1. The van der Waals surface area contributed by atoms with Gasteiger partial charge in [-0.2, -0.15) is 0 Å². The number of benzene rings is 2. The lowest BCUT2D eigenvalue weighted by molar-refractivity contribution is 0.0977. The monoisotopic (exact) mass is 410 g/mol. The Balaban J connectivity index is 2.03. The number of aryl methyl sites for hydroxylation is 2. The Labute approximate surface area is 143 Å². The highest BCUT2D eigenvalue weighted by atomic mass is 127. The van der Waals surface area contributed by atoms with Crippen molar-refractivity contribution >= 4 is 51.5 Å². The van der Waals surface area contributed by atoms with Gasteiger partial charge in [0.15, 0.2) is 5.11 Å². The zero-order valence-electron chi connectivity index (χ0n) is 11.7. The van der Waals surface area contributed by atoms with Crippen molar-refractivity contribution in [1.29, 1.82) is 0 Å². The van der Waals surface area contributed by atoms with Crippen molar-refractivity contribution < 1.29 is 4.79 Å². The zero-order chi connectivity index (χ0) is 15.4. The highest BCUT2D eigenvalue weighted by molar-refractivity contribution is 14.1.